The Balaban J connectivity index is 2.70. The molecule has 2 nitrogen and oxygen atoms in total. The van der Waals surface area contributed by atoms with Crippen LogP contribution in [0.3, 0.4) is 0 Å². The molecule has 0 aliphatic carbocycles. The van der Waals surface area contributed by atoms with Crippen molar-refractivity contribution in [2.24, 2.45) is 5.73 Å². The third-order valence-corrected chi connectivity index (χ3v) is 1.75. The fourth-order valence-electron chi connectivity index (χ4n) is 1.40. The summed E-state index contributed by atoms with van der Waals surface area (Å²) < 4.78 is 0. The SMILES string of the molecule is CC(C)=C1C(N)CN1C. The average molecular weight is 126 g/mol. The summed E-state index contributed by atoms with van der Waals surface area (Å²) in [4.78, 5) is 2.19. The van der Waals surface area contributed by atoms with Gasteiger partial charge in [-0.1, -0.05) is 5.57 Å². The van der Waals surface area contributed by atoms with Crippen LogP contribution in [0.4, 0.5) is 0 Å². The van der Waals surface area contributed by atoms with E-state index in [4.69, 9.17) is 5.73 Å². The molecule has 0 bridgehead atoms. The first kappa shape index (κ1) is 6.62. The highest BCUT2D eigenvalue weighted by Gasteiger charge is 2.25. The Morgan fingerprint density at radius 2 is 2.22 bits per heavy atom. The van der Waals surface area contributed by atoms with Gasteiger partial charge in [-0.25, -0.2) is 0 Å². The van der Waals surface area contributed by atoms with Gasteiger partial charge in [-0.15, -0.1) is 0 Å². The van der Waals surface area contributed by atoms with E-state index in [2.05, 4.69) is 25.8 Å². The third kappa shape index (κ3) is 0.944. The van der Waals surface area contributed by atoms with Crippen LogP contribution in [0.5, 0.6) is 0 Å². The van der Waals surface area contributed by atoms with Gasteiger partial charge in [-0.05, 0) is 13.8 Å². The van der Waals surface area contributed by atoms with Crippen molar-refractivity contribution in [2.45, 2.75) is 19.9 Å². The molecule has 0 aromatic carbocycles. The zero-order valence-corrected chi connectivity index (χ0v) is 6.31. The van der Waals surface area contributed by atoms with Crippen molar-refractivity contribution in [3.8, 4) is 0 Å². The number of rotatable bonds is 0. The summed E-state index contributed by atoms with van der Waals surface area (Å²) in [7, 11) is 2.08. The molecule has 1 aliphatic rings. The van der Waals surface area contributed by atoms with E-state index in [1.54, 1.807) is 0 Å². The molecule has 9 heavy (non-hydrogen) atoms. The molecule has 1 aliphatic heterocycles. The molecule has 1 rings (SSSR count). The largest absolute Gasteiger partial charge is 0.375 e. The minimum atomic E-state index is 0.306. The van der Waals surface area contributed by atoms with Crippen LogP contribution in [-0.2, 0) is 0 Å². The quantitative estimate of drug-likeness (QED) is 0.513. The van der Waals surface area contributed by atoms with Gasteiger partial charge in [0.25, 0.3) is 0 Å². The molecule has 0 radical (unpaired) electrons. The van der Waals surface area contributed by atoms with E-state index < -0.39 is 0 Å². The predicted octanol–water partition coefficient (Wildman–Crippen LogP) is 0.553. The maximum Gasteiger partial charge on any atom is 0.0623 e. The first-order chi connectivity index (χ1) is 4.13. The molecule has 0 aromatic rings. The minimum absolute atomic E-state index is 0.306. The number of hydrogen-bond donors (Lipinski definition) is 1. The van der Waals surface area contributed by atoms with E-state index >= 15 is 0 Å². The lowest BCUT2D eigenvalue weighted by molar-refractivity contribution is 0.269. The Bertz CT molecular complexity index is 135. The van der Waals surface area contributed by atoms with Crippen LogP contribution in [0.15, 0.2) is 11.3 Å². The standard InChI is InChI=1S/C7H14N2/c1-5(2)7-6(8)4-9(7)3/h6H,4,8H2,1-3H3. The number of hydrogen-bond acceptors (Lipinski definition) is 2. The third-order valence-electron chi connectivity index (χ3n) is 1.75. The van der Waals surface area contributed by atoms with Crippen molar-refractivity contribution in [2.75, 3.05) is 13.6 Å². The first-order valence-corrected chi connectivity index (χ1v) is 3.27. The van der Waals surface area contributed by atoms with E-state index in [-0.39, 0.29) is 0 Å². The van der Waals surface area contributed by atoms with Crippen LogP contribution in [0.25, 0.3) is 0 Å². The molecular formula is C7H14N2. The molecule has 2 N–H and O–H groups in total. The highest BCUT2D eigenvalue weighted by molar-refractivity contribution is 5.22. The normalized spacial score (nSPS) is 26.0. The van der Waals surface area contributed by atoms with Crippen molar-refractivity contribution >= 4 is 0 Å². The van der Waals surface area contributed by atoms with Crippen LogP contribution in [0, 0.1) is 0 Å². The Morgan fingerprint density at radius 1 is 1.67 bits per heavy atom. The lowest BCUT2D eigenvalue weighted by atomic mass is 10.0. The summed E-state index contributed by atoms with van der Waals surface area (Å²) in [5, 5.41) is 0. The van der Waals surface area contributed by atoms with Gasteiger partial charge in [0.1, 0.15) is 0 Å². The second kappa shape index (κ2) is 2.03. The maximum atomic E-state index is 5.71. The van der Waals surface area contributed by atoms with Crippen LogP contribution in [0.1, 0.15) is 13.8 Å². The summed E-state index contributed by atoms with van der Waals surface area (Å²) in [6.07, 6.45) is 0. The smallest absolute Gasteiger partial charge is 0.0623 e. The summed E-state index contributed by atoms with van der Waals surface area (Å²) in [5.74, 6) is 0. The number of nitrogens with two attached hydrogens (primary N) is 1. The molecule has 1 fully saturated rings. The van der Waals surface area contributed by atoms with E-state index in [1.807, 2.05) is 0 Å². The number of likely N-dealkylation sites (N-methyl/N-ethyl adjacent to an activating group) is 1. The highest BCUT2D eigenvalue weighted by Crippen LogP contribution is 2.20. The van der Waals surface area contributed by atoms with Gasteiger partial charge in [0.05, 0.1) is 6.04 Å². The van der Waals surface area contributed by atoms with Gasteiger partial charge in [0.15, 0.2) is 0 Å². The zero-order valence-electron chi connectivity index (χ0n) is 6.31. The first-order valence-electron chi connectivity index (χ1n) is 3.27. The Kier molecular flexibility index (Phi) is 1.49. The summed E-state index contributed by atoms with van der Waals surface area (Å²) in [5.41, 5.74) is 8.37. The van der Waals surface area contributed by atoms with Crippen LogP contribution in [0.2, 0.25) is 0 Å². The highest BCUT2D eigenvalue weighted by atomic mass is 15.2. The van der Waals surface area contributed by atoms with Crippen molar-refractivity contribution in [1.82, 2.24) is 4.90 Å². The fourth-order valence-corrected chi connectivity index (χ4v) is 1.40. The molecule has 0 saturated carbocycles. The van der Waals surface area contributed by atoms with Gasteiger partial charge in [-0.2, -0.15) is 0 Å². The van der Waals surface area contributed by atoms with E-state index in [0.717, 1.165) is 6.54 Å². The molecule has 1 saturated heterocycles. The summed E-state index contributed by atoms with van der Waals surface area (Å²) >= 11 is 0. The summed E-state index contributed by atoms with van der Waals surface area (Å²) in [6, 6.07) is 0.306. The maximum absolute atomic E-state index is 5.71. The molecule has 1 heterocycles. The van der Waals surface area contributed by atoms with Crippen LogP contribution in [-0.4, -0.2) is 24.5 Å². The average Bonchev–Trinajstić information content (AvgIpc) is 1.62. The number of nitrogens with zero attached hydrogens (tertiary/aromatic N) is 1. The van der Waals surface area contributed by atoms with E-state index in [9.17, 15) is 0 Å². The topological polar surface area (TPSA) is 29.3 Å². The molecule has 52 valence electrons. The van der Waals surface area contributed by atoms with E-state index in [0.29, 0.717) is 6.04 Å². The molecule has 0 amide bonds. The predicted molar refractivity (Wildman–Crippen MR) is 39.0 cm³/mol. The Morgan fingerprint density at radius 3 is 2.33 bits per heavy atom. The lowest BCUT2D eigenvalue weighted by Gasteiger charge is -2.40. The van der Waals surface area contributed by atoms with Gasteiger partial charge >= 0.3 is 0 Å². The van der Waals surface area contributed by atoms with Crippen LogP contribution < -0.4 is 5.73 Å². The van der Waals surface area contributed by atoms with Gasteiger partial charge in [-0.3, -0.25) is 0 Å². The molecule has 1 unspecified atom stereocenters. The molecule has 0 spiro atoms. The molecule has 2 heteroatoms. The van der Waals surface area contributed by atoms with Crippen molar-refractivity contribution < 1.29 is 0 Å². The van der Waals surface area contributed by atoms with E-state index in [1.165, 1.54) is 11.3 Å². The van der Waals surface area contributed by atoms with Crippen molar-refractivity contribution in [1.29, 1.82) is 0 Å². The van der Waals surface area contributed by atoms with Crippen molar-refractivity contribution in [3.63, 3.8) is 0 Å². The fraction of sp³-hybridized carbons (Fsp3) is 0.714. The second-order valence-electron chi connectivity index (χ2n) is 2.87. The van der Waals surface area contributed by atoms with Crippen LogP contribution >= 0.6 is 0 Å². The second-order valence-corrected chi connectivity index (χ2v) is 2.87. The molecular weight excluding hydrogens is 112 g/mol. The van der Waals surface area contributed by atoms with Crippen molar-refractivity contribution in [3.05, 3.63) is 11.3 Å². The Hall–Kier alpha value is -0.500. The minimum Gasteiger partial charge on any atom is -0.375 e. The number of allylic oxidation sites excluding steroid dienone is 1. The number of likely N-dealkylation sites (tertiary alicyclic amines) is 1. The summed E-state index contributed by atoms with van der Waals surface area (Å²) in [6.45, 7) is 5.22. The lowest BCUT2D eigenvalue weighted by Crippen LogP contribution is -2.51. The van der Waals surface area contributed by atoms with Gasteiger partial charge in [0, 0.05) is 19.3 Å². The zero-order chi connectivity index (χ0) is 7.02. The Labute approximate surface area is 56.3 Å². The molecule has 1 atom stereocenters. The monoisotopic (exact) mass is 126 g/mol. The van der Waals surface area contributed by atoms with Gasteiger partial charge in [0.2, 0.25) is 0 Å². The van der Waals surface area contributed by atoms with Gasteiger partial charge < -0.3 is 10.6 Å². The molecule has 0 aromatic heterocycles.